The topological polar surface area (TPSA) is 58.8 Å². The minimum Gasteiger partial charge on any atom is -0.370 e. The molecule has 2 aliphatic heterocycles. The molecule has 2 aliphatic rings. The Morgan fingerprint density at radius 3 is 3.00 bits per heavy atom. The number of carbonyl (C=O) groups excluding carboxylic acids is 1. The van der Waals surface area contributed by atoms with Gasteiger partial charge in [0.1, 0.15) is 6.61 Å². The third-order valence-corrected chi connectivity index (χ3v) is 3.68. The summed E-state index contributed by atoms with van der Waals surface area (Å²) < 4.78 is 5.20. The molecule has 2 saturated heterocycles. The SMILES string of the molecule is NCCOCC(=O)N1CCN2CCCCC2C1. The van der Waals surface area contributed by atoms with Gasteiger partial charge in [-0.2, -0.15) is 0 Å². The van der Waals surface area contributed by atoms with Gasteiger partial charge in [-0.25, -0.2) is 0 Å². The van der Waals surface area contributed by atoms with Gasteiger partial charge in [0.2, 0.25) is 5.91 Å². The second kappa shape index (κ2) is 6.33. The Morgan fingerprint density at radius 2 is 2.18 bits per heavy atom. The molecule has 0 bridgehead atoms. The van der Waals surface area contributed by atoms with Crippen LogP contribution in [-0.4, -0.2) is 67.7 Å². The lowest BCUT2D eigenvalue weighted by Crippen LogP contribution is -2.56. The molecule has 0 saturated carbocycles. The van der Waals surface area contributed by atoms with Crippen molar-refractivity contribution in [1.82, 2.24) is 9.80 Å². The standard InChI is InChI=1S/C12H23N3O2/c13-4-8-17-10-12(16)15-7-6-14-5-2-1-3-11(14)9-15/h11H,1-10,13H2. The number of hydrogen-bond acceptors (Lipinski definition) is 4. The summed E-state index contributed by atoms with van der Waals surface area (Å²) >= 11 is 0. The maximum Gasteiger partial charge on any atom is 0.248 e. The average molecular weight is 241 g/mol. The maximum absolute atomic E-state index is 11.9. The van der Waals surface area contributed by atoms with Gasteiger partial charge >= 0.3 is 0 Å². The van der Waals surface area contributed by atoms with E-state index >= 15 is 0 Å². The molecule has 1 atom stereocenters. The molecule has 0 aliphatic carbocycles. The Bertz CT molecular complexity index is 260. The molecule has 17 heavy (non-hydrogen) atoms. The zero-order chi connectivity index (χ0) is 12.1. The van der Waals surface area contributed by atoms with Gasteiger partial charge in [0.15, 0.2) is 0 Å². The fourth-order valence-electron chi connectivity index (χ4n) is 2.72. The molecule has 0 aromatic heterocycles. The molecule has 0 aromatic rings. The van der Waals surface area contributed by atoms with Crippen LogP contribution >= 0.6 is 0 Å². The van der Waals surface area contributed by atoms with E-state index in [1.807, 2.05) is 4.90 Å². The van der Waals surface area contributed by atoms with Crippen LogP contribution in [0.2, 0.25) is 0 Å². The first-order chi connectivity index (χ1) is 8.31. The second-order valence-corrected chi connectivity index (χ2v) is 4.87. The Hall–Kier alpha value is -0.650. The molecule has 1 amide bonds. The van der Waals surface area contributed by atoms with E-state index in [0.29, 0.717) is 19.2 Å². The predicted molar refractivity (Wildman–Crippen MR) is 65.7 cm³/mol. The van der Waals surface area contributed by atoms with Gasteiger partial charge in [-0.1, -0.05) is 6.42 Å². The van der Waals surface area contributed by atoms with Crippen LogP contribution < -0.4 is 5.73 Å². The smallest absolute Gasteiger partial charge is 0.248 e. The Balaban J connectivity index is 1.76. The highest BCUT2D eigenvalue weighted by molar-refractivity contribution is 5.77. The van der Waals surface area contributed by atoms with Gasteiger partial charge in [0.25, 0.3) is 0 Å². The van der Waals surface area contributed by atoms with Crippen molar-refractivity contribution in [2.75, 3.05) is 45.9 Å². The summed E-state index contributed by atoms with van der Waals surface area (Å²) in [6, 6.07) is 0.580. The molecular formula is C12H23N3O2. The summed E-state index contributed by atoms with van der Waals surface area (Å²) in [4.78, 5) is 16.4. The molecule has 98 valence electrons. The second-order valence-electron chi connectivity index (χ2n) is 4.87. The van der Waals surface area contributed by atoms with Gasteiger partial charge in [0, 0.05) is 32.2 Å². The number of fused-ring (bicyclic) bond motifs is 1. The molecule has 1 unspecified atom stereocenters. The highest BCUT2D eigenvalue weighted by Crippen LogP contribution is 2.20. The van der Waals surface area contributed by atoms with Gasteiger partial charge in [-0.15, -0.1) is 0 Å². The van der Waals surface area contributed by atoms with E-state index in [9.17, 15) is 4.79 Å². The van der Waals surface area contributed by atoms with E-state index in [1.54, 1.807) is 0 Å². The molecule has 2 heterocycles. The largest absolute Gasteiger partial charge is 0.370 e. The van der Waals surface area contributed by atoms with Crippen molar-refractivity contribution in [3.8, 4) is 0 Å². The van der Waals surface area contributed by atoms with Crippen molar-refractivity contribution in [3.63, 3.8) is 0 Å². The number of amides is 1. The lowest BCUT2D eigenvalue weighted by atomic mass is 9.99. The quantitative estimate of drug-likeness (QED) is 0.684. The first-order valence-corrected chi connectivity index (χ1v) is 6.61. The molecule has 5 heteroatoms. The van der Waals surface area contributed by atoms with Crippen LogP contribution in [0, 0.1) is 0 Å². The van der Waals surface area contributed by atoms with Gasteiger partial charge in [-0.05, 0) is 19.4 Å². The fourth-order valence-corrected chi connectivity index (χ4v) is 2.72. The van der Waals surface area contributed by atoms with E-state index in [0.717, 1.165) is 19.6 Å². The van der Waals surface area contributed by atoms with Crippen molar-refractivity contribution < 1.29 is 9.53 Å². The number of nitrogens with zero attached hydrogens (tertiary/aromatic N) is 2. The van der Waals surface area contributed by atoms with Crippen molar-refractivity contribution in [2.24, 2.45) is 5.73 Å². The predicted octanol–water partition coefficient (Wildman–Crippen LogP) is -0.342. The summed E-state index contributed by atoms with van der Waals surface area (Å²) in [6.07, 6.45) is 3.84. The number of piperazine rings is 1. The summed E-state index contributed by atoms with van der Waals surface area (Å²) in [6.45, 7) is 5.08. The average Bonchev–Trinajstić information content (AvgIpc) is 2.38. The summed E-state index contributed by atoms with van der Waals surface area (Å²) in [5.41, 5.74) is 5.32. The van der Waals surface area contributed by atoms with Crippen molar-refractivity contribution in [3.05, 3.63) is 0 Å². The van der Waals surface area contributed by atoms with Crippen molar-refractivity contribution in [1.29, 1.82) is 0 Å². The minimum atomic E-state index is 0.115. The van der Waals surface area contributed by atoms with Crippen LogP contribution in [0.5, 0.6) is 0 Å². The zero-order valence-electron chi connectivity index (χ0n) is 10.4. The monoisotopic (exact) mass is 241 g/mol. The van der Waals surface area contributed by atoms with Crippen LogP contribution in [0.3, 0.4) is 0 Å². The van der Waals surface area contributed by atoms with E-state index < -0.39 is 0 Å². The van der Waals surface area contributed by atoms with Crippen LogP contribution in [-0.2, 0) is 9.53 Å². The molecule has 2 N–H and O–H groups in total. The first kappa shape index (κ1) is 12.8. The Kier molecular flexibility index (Phi) is 4.76. The number of rotatable bonds is 4. The third-order valence-electron chi connectivity index (χ3n) is 3.68. The molecule has 5 nitrogen and oxygen atoms in total. The van der Waals surface area contributed by atoms with Crippen LogP contribution in [0.1, 0.15) is 19.3 Å². The molecule has 0 aromatic carbocycles. The Morgan fingerprint density at radius 1 is 1.29 bits per heavy atom. The van der Waals surface area contributed by atoms with E-state index in [4.69, 9.17) is 10.5 Å². The van der Waals surface area contributed by atoms with Crippen LogP contribution in [0.15, 0.2) is 0 Å². The fraction of sp³-hybridized carbons (Fsp3) is 0.917. The van der Waals surface area contributed by atoms with E-state index in [2.05, 4.69) is 4.90 Å². The number of carbonyl (C=O) groups is 1. The molecule has 0 radical (unpaired) electrons. The normalized spacial score (nSPS) is 25.7. The number of ether oxygens (including phenoxy) is 1. The van der Waals surface area contributed by atoms with Crippen molar-refractivity contribution >= 4 is 5.91 Å². The molecule has 2 rings (SSSR count). The maximum atomic E-state index is 11.9. The van der Waals surface area contributed by atoms with Gasteiger partial charge in [0.05, 0.1) is 6.61 Å². The Labute approximate surface area is 103 Å². The minimum absolute atomic E-state index is 0.115. The number of nitrogens with two attached hydrogens (primary N) is 1. The number of hydrogen-bond donors (Lipinski definition) is 1. The summed E-state index contributed by atoms with van der Waals surface area (Å²) in [5.74, 6) is 0.115. The molecule has 0 spiro atoms. The highest BCUT2D eigenvalue weighted by atomic mass is 16.5. The van der Waals surface area contributed by atoms with Crippen LogP contribution in [0.4, 0.5) is 0 Å². The van der Waals surface area contributed by atoms with E-state index in [1.165, 1.54) is 25.8 Å². The zero-order valence-corrected chi connectivity index (χ0v) is 10.4. The highest BCUT2D eigenvalue weighted by Gasteiger charge is 2.30. The first-order valence-electron chi connectivity index (χ1n) is 6.61. The van der Waals surface area contributed by atoms with E-state index in [-0.39, 0.29) is 12.5 Å². The lowest BCUT2D eigenvalue weighted by Gasteiger charge is -2.44. The number of piperidine rings is 1. The van der Waals surface area contributed by atoms with Crippen LogP contribution in [0.25, 0.3) is 0 Å². The summed E-state index contributed by atoms with van der Waals surface area (Å²) in [5, 5.41) is 0. The van der Waals surface area contributed by atoms with Crippen molar-refractivity contribution in [2.45, 2.75) is 25.3 Å². The molecule has 2 fully saturated rings. The molecular weight excluding hydrogens is 218 g/mol. The lowest BCUT2D eigenvalue weighted by molar-refractivity contribution is -0.139. The van der Waals surface area contributed by atoms with Gasteiger partial charge in [-0.3, -0.25) is 9.69 Å². The van der Waals surface area contributed by atoms with Gasteiger partial charge < -0.3 is 15.4 Å². The third kappa shape index (κ3) is 3.40. The summed E-state index contributed by atoms with van der Waals surface area (Å²) in [7, 11) is 0.